The molecule has 1 aliphatic carbocycles. The maximum absolute atomic E-state index is 5.15. The smallest absolute Gasteiger partial charge is 0.229 e. The van der Waals surface area contributed by atoms with Crippen molar-refractivity contribution in [2.45, 2.75) is 65.5 Å². The highest BCUT2D eigenvalue weighted by molar-refractivity contribution is 5.72. The van der Waals surface area contributed by atoms with E-state index in [2.05, 4.69) is 95.7 Å². The van der Waals surface area contributed by atoms with E-state index in [4.69, 9.17) is 9.97 Å². The van der Waals surface area contributed by atoms with Gasteiger partial charge in [0.05, 0.1) is 6.54 Å². The summed E-state index contributed by atoms with van der Waals surface area (Å²) in [4.78, 5) is 19.6. The standard InChI is InChI=1S/C33H43N7/c1-6-26-20-29(38-18-16-37(5)17-19-38)14-15-30(26)35-33-34-21-27-22-39(31-23(2)10-9-11-24(31)3)25(4)40(32(27)36-33)28-12-7-8-13-28/h9-11,14-15,20-21,28H,4,6-8,12-13,16-19,22H2,1-3,5H3,(H,34,35,36). The second-order valence-corrected chi connectivity index (χ2v) is 11.7. The molecule has 1 saturated heterocycles. The summed E-state index contributed by atoms with van der Waals surface area (Å²) in [5.41, 5.74) is 8.60. The number of rotatable bonds is 6. The molecule has 0 spiro atoms. The van der Waals surface area contributed by atoms with Gasteiger partial charge in [0.15, 0.2) is 0 Å². The molecule has 7 heteroatoms. The SMILES string of the molecule is C=C1N(c2c(C)cccc2C)Cc2cnc(Nc3ccc(N4CCN(C)CC4)cc3CC)nc2N1C1CCCC1. The van der Waals surface area contributed by atoms with Crippen molar-refractivity contribution in [1.82, 2.24) is 14.9 Å². The number of likely N-dealkylation sites (N-methyl/N-ethyl adjacent to an activating group) is 1. The van der Waals surface area contributed by atoms with Gasteiger partial charge < -0.3 is 24.9 Å². The van der Waals surface area contributed by atoms with Crippen LogP contribution in [0.25, 0.3) is 0 Å². The number of hydrogen-bond donors (Lipinski definition) is 1. The average Bonchev–Trinajstić information content (AvgIpc) is 3.48. The van der Waals surface area contributed by atoms with Crippen molar-refractivity contribution < 1.29 is 0 Å². The summed E-state index contributed by atoms with van der Waals surface area (Å²) in [6.45, 7) is 16.3. The van der Waals surface area contributed by atoms with E-state index in [1.165, 1.54) is 53.7 Å². The second-order valence-electron chi connectivity index (χ2n) is 11.7. The van der Waals surface area contributed by atoms with Gasteiger partial charge in [0, 0.05) is 61.0 Å². The van der Waals surface area contributed by atoms with Gasteiger partial charge in [-0.2, -0.15) is 4.98 Å². The van der Waals surface area contributed by atoms with Gasteiger partial charge in [-0.25, -0.2) is 4.98 Å². The third-order valence-electron chi connectivity index (χ3n) is 8.97. The lowest BCUT2D eigenvalue weighted by Gasteiger charge is -2.44. The number of benzene rings is 2. The Bertz CT molecular complexity index is 1370. The van der Waals surface area contributed by atoms with Crippen molar-refractivity contribution in [3.8, 4) is 0 Å². The fourth-order valence-corrected chi connectivity index (χ4v) is 6.65. The molecule has 1 aromatic heterocycles. The maximum atomic E-state index is 5.15. The van der Waals surface area contributed by atoms with E-state index >= 15 is 0 Å². The minimum absolute atomic E-state index is 0.412. The fraction of sp³-hybridized carbons (Fsp3) is 0.455. The molecule has 210 valence electrons. The van der Waals surface area contributed by atoms with Crippen LogP contribution < -0.4 is 20.0 Å². The van der Waals surface area contributed by atoms with Crippen molar-refractivity contribution in [3.05, 3.63) is 77.2 Å². The molecule has 7 nitrogen and oxygen atoms in total. The van der Waals surface area contributed by atoms with Crippen LogP contribution in [-0.4, -0.2) is 54.1 Å². The van der Waals surface area contributed by atoms with Crippen LogP contribution in [0.3, 0.4) is 0 Å². The summed E-state index contributed by atoms with van der Waals surface area (Å²) in [5.74, 6) is 2.67. The average molecular weight is 538 g/mol. The number of hydrogen-bond acceptors (Lipinski definition) is 7. The first kappa shape index (κ1) is 26.6. The van der Waals surface area contributed by atoms with Crippen molar-refractivity contribution >= 4 is 28.8 Å². The molecule has 1 saturated carbocycles. The van der Waals surface area contributed by atoms with Crippen LogP contribution >= 0.6 is 0 Å². The normalized spacial score (nSPS) is 18.4. The Labute approximate surface area is 239 Å². The molecule has 0 unspecified atom stereocenters. The number of aryl methyl sites for hydroxylation is 3. The van der Waals surface area contributed by atoms with Crippen molar-refractivity contribution in [2.75, 3.05) is 53.2 Å². The lowest BCUT2D eigenvalue weighted by Crippen LogP contribution is -2.45. The van der Waals surface area contributed by atoms with E-state index in [0.717, 1.165) is 62.0 Å². The summed E-state index contributed by atoms with van der Waals surface area (Å²) < 4.78 is 0. The quantitative estimate of drug-likeness (QED) is 0.391. The van der Waals surface area contributed by atoms with E-state index in [-0.39, 0.29) is 0 Å². The molecule has 6 rings (SSSR count). The molecule has 0 bridgehead atoms. The minimum atomic E-state index is 0.412. The molecule has 1 N–H and O–H groups in total. The predicted octanol–water partition coefficient (Wildman–Crippen LogP) is 6.39. The van der Waals surface area contributed by atoms with Crippen molar-refractivity contribution in [3.63, 3.8) is 0 Å². The summed E-state index contributed by atoms with van der Waals surface area (Å²) in [6, 6.07) is 13.7. The van der Waals surface area contributed by atoms with Gasteiger partial charge in [-0.05, 0) is 75.0 Å². The first-order chi connectivity index (χ1) is 19.4. The third kappa shape index (κ3) is 5.03. The molecule has 2 aromatic carbocycles. The summed E-state index contributed by atoms with van der Waals surface area (Å²) in [5, 5.41) is 3.58. The van der Waals surface area contributed by atoms with Crippen LogP contribution in [0.5, 0.6) is 0 Å². The number of anilines is 5. The highest BCUT2D eigenvalue weighted by atomic mass is 15.4. The molecule has 2 fully saturated rings. The van der Waals surface area contributed by atoms with Gasteiger partial charge in [-0.15, -0.1) is 0 Å². The predicted molar refractivity (Wildman–Crippen MR) is 167 cm³/mol. The third-order valence-corrected chi connectivity index (χ3v) is 8.97. The summed E-state index contributed by atoms with van der Waals surface area (Å²) >= 11 is 0. The number of aromatic nitrogens is 2. The number of fused-ring (bicyclic) bond motifs is 1. The molecule has 3 aromatic rings. The Balaban J connectivity index is 1.31. The number of nitrogens with zero attached hydrogens (tertiary/aromatic N) is 6. The van der Waals surface area contributed by atoms with E-state index in [0.29, 0.717) is 12.0 Å². The molecular weight excluding hydrogens is 494 g/mol. The highest BCUT2D eigenvalue weighted by Gasteiger charge is 2.35. The first-order valence-corrected chi connectivity index (χ1v) is 14.9. The molecule has 3 aliphatic rings. The molecule has 3 heterocycles. The fourth-order valence-electron chi connectivity index (χ4n) is 6.65. The maximum Gasteiger partial charge on any atom is 0.229 e. The lowest BCUT2D eigenvalue weighted by molar-refractivity contribution is 0.313. The topological polar surface area (TPSA) is 50.8 Å². The zero-order valence-electron chi connectivity index (χ0n) is 24.6. The molecule has 40 heavy (non-hydrogen) atoms. The zero-order valence-corrected chi connectivity index (χ0v) is 24.6. The number of para-hydroxylation sites is 1. The number of nitrogens with one attached hydrogen (secondary N) is 1. The van der Waals surface area contributed by atoms with E-state index < -0.39 is 0 Å². The van der Waals surface area contributed by atoms with Crippen LogP contribution in [0.1, 0.15) is 54.9 Å². The Hall–Kier alpha value is -3.58. The van der Waals surface area contributed by atoms with E-state index in [1.54, 1.807) is 0 Å². The lowest BCUT2D eigenvalue weighted by atomic mass is 10.0. The number of piperazine rings is 1. The second kappa shape index (κ2) is 11.1. The van der Waals surface area contributed by atoms with E-state index in [1.807, 2.05) is 6.20 Å². The van der Waals surface area contributed by atoms with Crippen LogP contribution in [0, 0.1) is 13.8 Å². The molecule has 0 atom stereocenters. The van der Waals surface area contributed by atoms with Gasteiger partial charge in [-0.1, -0.05) is 44.5 Å². The van der Waals surface area contributed by atoms with Gasteiger partial charge in [0.2, 0.25) is 5.95 Å². The first-order valence-electron chi connectivity index (χ1n) is 14.9. The Morgan fingerprint density at radius 2 is 1.73 bits per heavy atom. The van der Waals surface area contributed by atoms with Crippen molar-refractivity contribution in [1.29, 1.82) is 0 Å². The van der Waals surface area contributed by atoms with Crippen molar-refractivity contribution in [2.24, 2.45) is 0 Å². The molecule has 2 aliphatic heterocycles. The van der Waals surface area contributed by atoms with Crippen LogP contribution in [0.2, 0.25) is 0 Å². The van der Waals surface area contributed by atoms with E-state index in [9.17, 15) is 0 Å². The van der Waals surface area contributed by atoms with Crippen LogP contribution in [0.4, 0.5) is 28.8 Å². The van der Waals surface area contributed by atoms with Crippen LogP contribution in [-0.2, 0) is 13.0 Å². The van der Waals surface area contributed by atoms with Gasteiger partial charge in [0.1, 0.15) is 11.6 Å². The van der Waals surface area contributed by atoms with Gasteiger partial charge in [0.25, 0.3) is 0 Å². The highest BCUT2D eigenvalue weighted by Crippen LogP contribution is 2.41. The van der Waals surface area contributed by atoms with Gasteiger partial charge >= 0.3 is 0 Å². The van der Waals surface area contributed by atoms with Gasteiger partial charge in [-0.3, -0.25) is 0 Å². The summed E-state index contributed by atoms with van der Waals surface area (Å²) in [7, 11) is 2.20. The monoisotopic (exact) mass is 537 g/mol. The summed E-state index contributed by atoms with van der Waals surface area (Å²) in [6.07, 6.45) is 7.80. The Kier molecular flexibility index (Phi) is 7.41. The Morgan fingerprint density at radius 1 is 1.00 bits per heavy atom. The molecule has 0 radical (unpaired) electrons. The Morgan fingerprint density at radius 3 is 2.42 bits per heavy atom. The minimum Gasteiger partial charge on any atom is -0.369 e. The molecular formula is C33H43N7. The van der Waals surface area contributed by atoms with Crippen LogP contribution in [0.15, 0.2) is 55.0 Å². The molecule has 0 amide bonds. The zero-order chi connectivity index (χ0) is 27.8. The largest absolute Gasteiger partial charge is 0.369 e.